The van der Waals surface area contributed by atoms with Crippen LogP contribution in [-0.2, 0) is 14.2 Å². The third kappa shape index (κ3) is 28.0. The van der Waals surface area contributed by atoms with Crippen molar-refractivity contribution in [3.8, 4) is 0 Å². The fraction of sp³-hybridized carbons (Fsp3) is 1.00. The van der Waals surface area contributed by atoms with E-state index in [1.54, 1.807) is 0 Å². The summed E-state index contributed by atoms with van der Waals surface area (Å²) in [5.41, 5.74) is 0. The van der Waals surface area contributed by atoms with Crippen molar-refractivity contribution in [2.24, 2.45) is 0 Å². The minimum atomic E-state index is -0.383. The van der Waals surface area contributed by atoms with Crippen molar-refractivity contribution >= 4 is 0 Å². The highest BCUT2D eigenvalue weighted by molar-refractivity contribution is 4.57. The van der Waals surface area contributed by atoms with Crippen LogP contribution < -0.4 is 0 Å². The van der Waals surface area contributed by atoms with E-state index in [9.17, 15) is 10.2 Å². The van der Waals surface area contributed by atoms with E-state index in [0.717, 1.165) is 45.1 Å². The molecule has 5 nitrogen and oxygen atoms in total. The van der Waals surface area contributed by atoms with Crippen molar-refractivity contribution in [2.45, 2.75) is 121 Å². The van der Waals surface area contributed by atoms with Crippen LogP contribution >= 0.6 is 0 Å². The number of unbranched alkanes of at least 4 members (excludes halogenated alkanes) is 2. The van der Waals surface area contributed by atoms with Gasteiger partial charge >= 0.3 is 0 Å². The Morgan fingerprint density at radius 3 is 1.71 bits per heavy atom. The Morgan fingerprint density at radius 2 is 1.18 bits per heavy atom. The Balaban J connectivity index is -0.000000242. The number of hydrogen-bond acceptors (Lipinski definition) is 5. The molecule has 0 aliphatic heterocycles. The molecule has 0 fully saturated rings. The van der Waals surface area contributed by atoms with Gasteiger partial charge < -0.3 is 24.4 Å². The molecule has 3 unspecified atom stereocenters. The van der Waals surface area contributed by atoms with E-state index in [0.29, 0.717) is 32.8 Å². The molecule has 0 aromatic rings. The summed E-state index contributed by atoms with van der Waals surface area (Å²) in [5.74, 6) is 0. The average molecular weight is 415 g/mol. The monoisotopic (exact) mass is 414 g/mol. The van der Waals surface area contributed by atoms with Crippen LogP contribution in [0.2, 0.25) is 0 Å². The molecule has 0 bridgehead atoms. The van der Waals surface area contributed by atoms with Gasteiger partial charge in [0.25, 0.3) is 0 Å². The van der Waals surface area contributed by atoms with Crippen LogP contribution in [0.15, 0.2) is 0 Å². The molecule has 0 aromatic heterocycles. The van der Waals surface area contributed by atoms with Crippen LogP contribution in [0.25, 0.3) is 0 Å². The largest absolute Gasteiger partial charge is 0.393 e. The van der Waals surface area contributed by atoms with Crippen LogP contribution in [0.3, 0.4) is 0 Å². The van der Waals surface area contributed by atoms with E-state index in [-0.39, 0.29) is 55.4 Å². The summed E-state index contributed by atoms with van der Waals surface area (Å²) < 4.78 is 16.7. The lowest BCUT2D eigenvalue weighted by Gasteiger charge is -2.18. The van der Waals surface area contributed by atoms with Gasteiger partial charge in [-0.15, -0.1) is 0 Å². The summed E-state index contributed by atoms with van der Waals surface area (Å²) in [4.78, 5) is 0. The first kappa shape index (κ1) is 42.0. The first-order valence-corrected chi connectivity index (χ1v) is 9.27. The lowest BCUT2D eigenvalue weighted by Crippen LogP contribution is -2.25. The fourth-order valence-corrected chi connectivity index (χ4v) is 2.05. The highest BCUT2D eigenvalue weighted by Crippen LogP contribution is 2.06. The molecule has 0 radical (unpaired) electrons. The molecule has 2 N–H and O–H groups in total. The number of hydrogen-bond donors (Lipinski definition) is 2. The van der Waals surface area contributed by atoms with Crippen molar-refractivity contribution < 1.29 is 24.4 Å². The highest BCUT2D eigenvalue weighted by Gasteiger charge is 2.09. The smallest absolute Gasteiger partial charge is 0.0807 e. The van der Waals surface area contributed by atoms with Gasteiger partial charge in [-0.2, -0.15) is 0 Å². The van der Waals surface area contributed by atoms with Crippen LogP contribution in [0.5, 0.6) is 0 Å². The number of aliphatic hydroxyl groups is 2. The first-order chi connectivity index (χ1) is 11.1. The Hall–Kier alpha value is -0.200. The van der Waals surface area contributed by atoms with Gasteiger partial charge in [-0.05, 0) is 32.1 Å². The van der Waals surface area contributed by atoms with E-state index in [4.69, 9.17) is 14.2 Å². The SMILES string of the molecule is C.C.C.C.C.CCC(O)CCCCCOCCOCC(CC)OCC(O)CC. The van der Waals surface area contributed by atoms with Gasteiger partial charge in [0.05, 0.1) is 44.7 Å². The van der Waals surface area contributed by atoms with E-state index in [1.807, 2.05) is 13.8 Å². The van der Waals surface area contributed by atoms with Gasteiger partial charge in [0, 0.05) is 6.61 Å². The van der Waals surface area contributed by atoms with E-state index >= 15 is 0 Å². The number of ether oxygens (including phenoxy) is 3. The zero-order valence-electron chi connectivity index (χ0n) is 15.3. The molecular formula is C23H58O5. The van der Waals surface area contributed by atoms with Crippen molar-refractivity contribution in [3.05, 3.63) is 0 Å². The molecule has 0 heterocycles. The zero-order valence-corrected chi connectivity index (χ0v) is 15.3. The van der Waals surface area contributed by atoms with Crippen LogP contribution in [0.4, 0.5) is 0 Å². The van der Waals surface area contributed by atoms with Crippen molar-refractivity contribution in [1.82, 2.24) is 0 Å². The Bertz CT molecular complexity index is 239. The summed E-state index contributed by atoms with van der Waals surface area (Å²) in [7, 11) is 0. The molecule has 0 saturated carbocycles. The number of rotatable bonds is 17. The molecular weight excluding hydrogens is 356 g/mol. The van der Waals surface area contributed by atoms with E-state index < -0.39 is 0 Å². The molecule has 0 aromatic carbocycles. The maximum Gasteiger partial charge on any atom is 0.0807 e. The second-order valence-electron chi connectivity index (χ2n) is 6.02. The maximum atomic E-state index is 9.48. The summed E-state index contributed by atoms with van der Waals surface area (Å²) in [6.45, 7) is 8.85. The lowest BCUT2D eigenvalue weighted by atomic mass is 10.1. The number of aliphatic hydroxyl groups excluding tert-OH is 2. The summed E-state index contributed by atoms with van der Waals surface area (Å²) >= 11 is 0. The van der Waals surface area contributed by atoms with Gasteiger partial charge in [0.2, 0.25) is 0 Å². The van der Waals surface area contributed by atoms with E-state index in [1.165, 1.54) is 0 Å². The van der Waals surface area contributed by atoms with Gasteiger partial charge in [-0.3, -0.25) is 0 Å². The summed E-state index contributed by atoms with van der Waals surface area (Å²) in [6, 6.07) is 0. The third-order valence-electron chi connectivity index (χ3n) is 3.92. The van der Waals surface area contributed by atoms with Gasteiger partial charge in [-0.1, -0.05) is 70.7 Å². The fourth-order valence-electron chi connectivity index (χ4n) is 2.05. The zero-order chi connectivity index (χ0) is 17.3. The molecule has 0 saturated heterocycles. The molecule has 0 aliphatic rings. The molecule has 0 spiro atoms. The molecule has 0 amide bonds. The Labute approximate surface area is 179 Å². The third-order valence-corrected chi connectivity index (χ3v) is 3.92. The second-order valence-corrected chi connectivity index (χ2v) is 6.02. The molecule has 28 heavy (non-hydrogen) atoms. The molecule has 0 rings (SSSR count). The minimum absolute atomic E-state index is 0. The van der Waals surface area contributed by atoms with Gasteiger partial charge in [0.1, 0.15) is 0 Å². The summed E-state index contributed by atoms with van der Waals surface area (Å²) in [6.07, 6.45) is 6.04. The van der Waals surface area contributed by atoms with Crippen LogP contribution in [0, 0.1) is 0 Å². The topological polar surface area (TPSA) is 68.2 Å². The Morgan fingerprint density at radius 1 is 0.607 bits per heavy atom. The van der Waals surface area contributed by atoms with Crippen LogP contribution in [-0.4, -0.2) is 61.6 Å². The first-order valence-electron chi connectivity index (χ1n) is 9.27. The normalized spacial score (nSPS) is 12.8. The highest BCUT2D eigenvalue weighted by atomic mass is 16.6. The Kier molecular flexibility index (Phi) is 47.3. The van der Waals surface area contributed by atoms with Crippen molar-refractivity contribution in [1.29, 1.82) is 0 Å². The van der Waals surface area contributed by atoms with Crippen LogP contribution in [0.1, 0.15) is 103 Å². The standard InChI is InChI=1S/C18H38O5.5CH4/c1-4-16(19)10-8-7-9-11-21-12-13-22-15-18(6-3)23-14-17(20)5-2;;;;;/h16-20H,4-15H2,1-3H3;5*1H4. The molecule has 5 heteroatoms. The predicted octanol–water partition coefficient (Wildman–Crippen LogP) is 6.10. The van der Waals surface area contributed by atoms with Gasteiger partial charge in [0.15, 0.2) is 0 Å². The quantitative estimate of drug-likeness (QED) is 0.282. The average Bonchev–Trinajstić information content (AvgIpc) is 2.58. The maximum absolute atomic E-state index is 9.48. The second kappa shape index (κ2) is 31.5. The van der Waals surface area contributed by atoms with Crippen molar-refractivity contribution in [2.75, 3.05) is 33.0 Å². The van der Waals surface area contributed by atoms with Gasteiger partial charge in [-0.25, -0.2) is 0 Å². The summed E-state index contributed by atoms with van der Waals surface area (Å²) in [5, 5.41) is 18.9. The lowest BCUT2D eigenvalue weighted by molar-refractivity contribution is -0.0578. The minimum Gasteiger partial charge on any atom is -0.393 e. The molecule has 0 aliphatic carbocycles. The van der Waals surface area contributed by atoms with Crippen molar-refractivity contribution in [3.63, 3.8) is 0 Å². The van der Waals surface area contributed by atoms with E-state index in [2.05, 4.69) is 6.92 Å². The molecule has 180 valence electrons. The predicted molar refractivity (Wildman–Crippen MR) is 126 cm³/mol. The molecule has 3 atom stereocenters.